The van der Waals surface area contributed by atoms with Crippen LogP contribution in [0, 0.1) is 13.8 Å². The van der Waals surface area contributed by atoms with Gasteiger partial charge in [-0.1, -0.05) is 18.9 Å². The molecule has 1 fully saturated rings. The van der Waals surface area contributed by atoms with Crippen molar-refractivity contribution in [3.8, 4) is 0 Å². The zero-order chi connectivity index (χ0) is 15.4. The fraction of sp³-hybridized carbons (Fsp3) is 0.529. The van der Waals surface area contributed by atoms with Gasteiger partial charge in [0.15, 0.2) is 6.10 Å². The minimum absolute atomic E-state index is 0.209. The number of carbonyl (C=O) groups is 2. The summed E-state index contributed by atoms with van der Waals surface area (Å²) in [5.41, 5.74) is 2.64. The van der Waals surface area contributed by atoms with Gasteiger partial charge in [-0.2, -0.15) is 0 Å². The van der Waals surface area contributed by atoms with Crippen LogP contribution < -0.4 is 5.32 Å². The molecule has 0 spiro atoms. The van der Waals surface area contributed by atoms with Crippen LogP contribution in [0.15, 0.2) is 18.2 Å². The monoisotopic (exact) mass is 289 g/mol. The molecule has 0 saturated heterocycles. The van der Waals surface area contributed by atoms with E-state index in [0.717, 1.165) is 36.8 Å². The van der Waals surface area contributed by atoms with E-state index >= 15 is 0 Å². The molecule has 114 valence electrons. The van der Waals surface area contributed by atoms with Gasteiger partial charge in [0.05, 0.1) is 5.56 Å². The molecule has 1 amide bonds. The number of hydrogen-bond donors (Lipinski definition) is 1. The molecule has 1 aromatic rings. The van der Waals surface area contributed by atoms with Crippen LogP contribution in [0.3, 0.4) is 0 Å². The minimum Gasteiger partial charge on any atom is -0.449 e. The molecule has 4 nitrogen and oxygen atoms in total. The molecule has 21 heavy (non-hydrogen) atoms. The molecule has 2 rings (SSSR count). The molecule has 4 heteroatoms. The van der Waals surface area contributed by atoms with E-state index < -0.39 is 12.1 Å². The van der Waals surface area contributed by atoms with E-state index in [0.29, 0.717) is 5.56 Å². The van der Waals surface area contributed by atoms with E-state index in [2.05, 4.69) is 5.32 Å². The van der Waals surface area contributed by atoms with E-state index in [-0.39, 0.29) is 11.9 Å². The van der Waals surface area contributed by atoms with Gasteiger partial charge in [0.25, 0.3) is 5.91 Å². The second kappa shape index (κ2) is 6.74. The van der Waals surface area contributed by atoms with Crippen LogP contribution in [0.4, 0.5) is 0 Å². The lowest BCUT2D eigenvalue weighted by atomic mass is 10.1. The summed E-state index contributed by atoms with van der Waals surface area (Å²) in [7, 11) is 0. The Morgan fingerprint density at radius 1 is 1.19 bits per heavy atom. The molecule has 0 heterocycles. The topological polar surface area (TPSA) is 55.4 Å². The summed E-state index contributed by atoms with van der Waals surface area (Å²) in [6.07, 6.45) is 3.58. The first kappa shape index (κ1) is 15.5. The van der Waals surface area contributed by atoms with E-state index in [1.165, 1.54) is 0 Å². The zero-order valence-electron chi connectivity index (χ0n) is 12.9. The average molecular weight is 289 g/mol. The highest BCUT2D eigenvalue weighted by Gasteiger charge is 2.23. The van der Waals surface area contributed by atoms with E-state index in [1.54, 1.807) is 19.1 Å². The third-order valence-corrected chi connectivity index (χ3v) is 4.10. The summed E-state index contributed by atoms with van der Waals surface area (Å²) in [4.78, 5) is 24.1. The molecule has 0 aliphatic heterocycles. The molecule has 1 atom stereocenters. The van der Waals surface area contributed by atoms with Gasteiger partial charge in [-0.15, -0.1) is 0 Å². The molecular formula is C17H23NO3. The first-order valence-electron chi connectivity index (χ1n) is 7.56. The molecule has 1 saturated carbocycles. The number of hydrogen-bond acceptors (Lipinski definition) is 3. The van der Waals surface area contributed by atoms with Gasteiger partial charge in [0, 0.05) is 6.04 Å². The molecule has 1 aliphatic rings. The fourth-order valence-corrected chi connectivity index (χ4v) is 2.54. The number of ether oxygens (including phenoxy) is 1. The largest absolute Gasteiger partial charge is 0.449 e. The molecule has 1 aromatic carbocycles. The van der Waals surface area contributed by atoms with Gasteiger partial charge in [-0.3, -0.25) is 4.79 Å². The highest BCUT2D eigenvalue weighted by molar-refractivity contribution is 5.92. The number of rotatable bonds is 4. The molecule has 0 radical (unpaired) electrons. The number of nitrogens with one attached hydrogen (secondary N) is 1. The van der Waals surface area contributed by atoms with Crippen LogP contribution >= 0.6 is 0 Å². The normalized spacial score (nSPS) is 16.5. The number of amides is 1. The van der Waals surface area contributed by atoms with Crippen molar-refractivity contribution in [3.63, 3.8) is 0 Å². The lowest BCUT2D eigenvalue weighted by Crippen LogP contribution is -2.40. The highest BCUT2D eigenvalue weighted by atomic mass is 16.5. The van der Waals surface area contributed by atoms with Crippen LogP contribution in [0.5, 0.6) is 0 Å². The number of aryl methyl sites for hydroxylation is 2. The van der Waals surface area contributed by atoms with Gasteiger partial charge in [-0.05, 0) is 56.9 Å². The maximum atomic E-state index is 12.1. The fourth-order valence-electron chi connectivity index (χ4n) is 2.54. The number of esters is 1. The predicted octanol–water partition coefficient (Wildman–Crippen LogP) is 2.91. The minimum atomic E-state index is -0.764. The summed E-state index contributed by atoms with van der Waals surface area (Å²) in [6.45, 7) is 5.55. The van der Waals surface area contributed by atoms with Gasteiger partial charge in [-0.25, -0.2) is 4.79 Å². The quantitative estimate of drug-likeness (QED) is 0.867. The van der Waals surface area contributed by atoms with Crippen molar-refractivity contribution in [1.82, 2.24) is 5.32 Å². The van der Waals surface area contributed by atoms with Crippen LogP contribution in [0.25, 0.3) is 0 Å². The summed E-state index contributed by atoms with van der Waals surface area (Å²) < 4.78 is 5.25. The van der Waals surface area contributed by atoms with Crippen molar-refractivity contribution in [2.45, 2.75) is 58.6 Å². The van der Waals surface area contributed by atoms with E-state index in [9.17, 15) is 9.59 Å². The van der Waals surface area contributed by atoms with Crippen molar-refractivity contribution in [1.29, 1.82) is 0 Å². The Morgan fingerprint density at radius 2 is 1.86 bits per heavy atom. The Balaban J connectivity index is 1.91. The second-order valence-corrected chi connectivity index (χ2v) is 5.84. The van der Waals surface area contributed by atoms with E-state index in [1.807, 2.05) is 19.9 Å². The molecule has 1 aliphatic carbocycles. The molecule has 1 N–H and O–H groups in total. The maximum absolute atomic E-state index is 12.1. The third-order valence-electron chi connectivity index (χ3n) is 4.10. The van der Waals surface area contributed by atoms with Crippen molar-refractivity contribution in [2.75, 3.05) is 0 Å². The van der Waals surface area contributed by atoms with Crippen LogP contribution in [-0.4, -0.2) is 24.0 Å². The third kappa shape index (κ3) is 4.06. The van der Waals surface area contributed by atoms with Crippen LogP contribution in [0.1, 0.15) is 54.1 Å². The van der Waals surface area contributed by atoms with Gasteiger partial charge in [0.2, 0.25) is 0 Å². The highest BCUT2D eigenvalue weighted by Crippen LogP contribution is 2.18. The zero-order valence-corrected chi connectivity index (χ0v) is 12.9. The summed E-state index contributed by atoms with van der Waals surface area (Å²) in [5.74, 6) is -0.661. The second-order valence-electron chi connectivity index (χ2n) is 5.84. The molecule has 0 aromatic heterocycles. The SMILES string of the molecule is Cc1ccc(C(=O)O[C@@H](C)C(=O)NC2CCCC2)cc1C. The standard InChI is InChI=1S/C17H23NO3/c1-11-8-9-14(10-12(11)2)17(20)21-13(3)16(19)18-15-6-4-5-7-15/h8-10,13,15H,4-7H2,1-3H3,(H,18,19)/t13-/m0/s1. The predicted molar refractivity (Wildman–Crippen MR) is 81.2 cm³/mol. The first-order valence-corrected chi connectivity index (χ1v) is 7.56. The number of carbonyl (C=O) groups excluding carboxylic acids is 2. The summed E-state index contributed by atoms with van der Waals surface area (Å²) >= 11 is 0. The Bertz CT molecular complexity index is 533. The van der Waals surface area contributed by atoms with Crippen LogP contribution in [-0.2, 0) is 9.53 Å². The molecular weight excluding hydrogens is 266 g/mol. The summed E-state index contributed by atoms with van der Waals surface area (Å²) in [5, 5.41) is 2.94. The Kier molecular flexibility index (Phi) is 4.99. The lowest BCUT2D eigenvalue weighted by Gasteiger charge is -2.17. The van der Waals surface area contributed by atoms with Gasteiger partial charge < -0.3 is 10.1 Å². The average Bonchev–Trinajstić information content (AvgIpc) is 2.94. The Morgan fingerprint density at radius 3 is 2.48 bits per heavy atom. The molecule has 0 bridgehead atoms. The van der Waals surface area contributed by atoms with Crippen molar-refractivity contribution in [2.24, 2.45) is 0 Å². The van der Waals surface area contributed by atoms with Crippen molar-refractivity contribution >= 4 is 11.9 Å². The smallest absolute Gasteiger partial charge is 0.338 e. The molecule has 0 unspecified atom stereocenters. The Labute approximate surface area is 125 Å². The van der Waals surface area contributed by atoms with Crippen LogP contribution in [0.2, 0.25) is 0 Å². The first-order chi connectivity index (χ1) is 9.97. The Hall–Kier alpha value is -1.84. The summed E-state index contributed by atoms with van der Waals surface area (Å²) in [6, 6.07) is 5.64. The van der Waals surface area contributed by atoms with Gasteiger partial charge in [0.1, 0.15) is 0 Å². The maximum Gasteiger partial charge on any atom is 0.338 e. The van der Waals surface area contributed by atoms with Crippen molar-refractivity contribution in [3.05, 3.63) is 34.9 Å². The number of benzene rings is 1. The van der Waals surface area contributed by atoms with E-state index in [4.69, 9.17) is 4.74 Å². The lowest BCUT2D eigenvalue weighted by molar-refractivity contribution is -0.129. The van der Waals surface area contributed by atoms with Gasteiger partial charge >= 0.3 is 5.97 Å². The van der Waals surface area contributed by atoms with Crippen molar-refractivity contribution < 1.29 is 14.3 Å².